The van der Waals surface area contributed by atoms with Crippen LogP contribution in [0.3, 0.4) is 0 Å². The van der Waals surface area contributed by atoms with Gasteiger partial charge in [-0.15, -0.1) is 11.3 Å². The molecule has 2 aromatic rings. The number of benzene rings is 1. The molecule has 0 radical (unpaired) electrons. The molecule has 0 bridgehead atoms. The van der Waals surface area contributed by atoms with Crippen LogP contribution in [0.5, 0.6) is 0 Å². The first kappa shape index (κ1) is 11.9. The second kappa shape index (κ2) is 5.19. The van der Waals surface area contributed by atoms with Crippen LogP contribution in [0.1, 0.15) is 4.88 Å². The minimum atomic E-state index is 0.666. The van der Waals surface area contributed by atoms with E-state index < -0.39 is 0 Å². The Labute approximate surface area is 109 Å². The third kappa shape index (κ3) is 2.58. The van der Waals surface area contributed by atoms with Crippen LogP contribution in [0.25, 0.3) is 11.1 Å². The van der Waals surface area contributed by atoms with Crippen LogP contribution in [0.4, 0.5) is 0 Å². The molecule has 1 heterocycles. The zero-order chi connectivity index (χ0) is 11.5. The smallest absolute Gasteiger partial charge is 0.0499 e. The van der Waals surface area contributed by atoms with Crippen LogP contribution in [-0.4, -0.2) is 7.05 Å². The lowest BCUT2D eigenvalue weighted by Crippen LogP contribution is -2.02. The minimum Gasteiger partial charge on any atom is -0.315 e. The highest BCUT2D eigenvalue weighted by Crippen LogP contribution is 2.33. The summed E-state index contributed by atoms with van der Waals surface area (Å²) in [7, 11) is 1.94. The maximum atomic E-state index is 6.15. The lowest BCUT2D eigenvalue weighted by atomic mass is 10.1. The van der Waals surface area contributed by atoms with Gasteiger partial charge < -0.3 is 5.32 Å². The molecule has 84 valence electrons. The van der Waals surface area contributed by atoms with E-state index in [9.17, 15) is 0 Å². The highest BCUT2D eigenvalue weighted by molar-refractivity contribution is 7.10. The van der Waals surface area contributed by atoms with E-state index in [1.807, 2.05) is 19.2 Å². The fraction of sp³-hybridized carbons (Fsp3) is 0.167. The SMILES string of the molecule is CNCc1cc(-c2ccc(Cl)cc2Cl)cs1. The van der Waals surface area contributed by atoms with Crippen LogP contribution in [0.15, 0.2) is 29.6 Å². The average Bonchev–Trinajstić information content (AvgIpc) is 2.67. The molecule has 0 aliphatic rings. The third-order valence-electron chi connectivity index (χ3n) is 2.25. The van der Waals surface area contributed by atoms with Gasteiger partial charge in [-0.05, 0) is 36.2 Å². The van der Waals surface area contributed by atoms with E-state index in [0.717, 1.165) is 17.7 Å². The number of nitrogens with one attached hydrogen (secondary N) is 1. The van der Waals surface area contributed by atoms with E-state index in [1.54, 1.807) is 17.4 Å². The predicted octanol–water partition coefficient (Wildman–Crippen LogP) is 4.44. The number of thiophene rings is 1. The Hall–Kier alpha value is -0.540. The monoisotopic (exact) mass is 271 g/mol. The van der Waals surface area contributed by atoms with E-state index in [-0.39, 0.29) is 0 Å². The highest BCUT2D eigenvalue weighted by atomic mass is 35.5. The second-order valence-corrected chi connectivity index (χ2v) is 5.30. The van der Waals surface area contributed by atoms with Crippen molar-refractivity contribution in [3.63, 3.8) is 0 Å². The molecule has 0 spiro atoms. The summed E-state index contributed by atoms with van der Waals surface area (Å²) < 4.78 is 0. The van der Waals surface area contributed by atoms with E-state index in [2.05, 4.69) is 16.8 Å². The van der Waals surface area contributed by atoms with Crippen LogP contribution < -0.4 is 5.32 Å². The third-order valence-corrected chi connectivity index (χ3v) is 3.73. The van der Waals surface area contributed by atoms with Crippen LogP contribution in [-0.2, 0) is 6.54 Å². The first-order valence-corrected chi connectivity index (χ1v) is 6.51. The first-order chi connectivity index (χ1) is 7.70. The maximum Gasteiger partial charge on any atom is 0.0499 e. The van der Waals surface area contributed by atoms with Gasteiger partial charge in [-0.25, -0.2) is 0 Å². The molecule has 2 rings (SSSR count). The molecule has 0 atom stereocenters. The largest absolute Gasteiger partial charge is 0.315 e. The van der Waals surface area contributed by atoms with Crippen LogP contribution in [0, 0.1) is 0 Å². The lowest BCUT2D eigenvalue weighted by Gasteiger charge is -2.01. The van der Waals surface area contributed by atoms with Crippen molar-refractivity contribution in [2.75, 3.05) is 7.05 Å². The second-order valence-electron chi connectivity index (χ2n) is 3.46. The van der Waals surface area contributed by atoms with Gasteiger partial charge in [0.25, 0.3) is 0 Å². The number of rotatable bonds is 3. The molecule has 0 fully saturated rings. The molecule has 0 saturated carbocycles. The van der Waals surface area contributed by atoms with Gasteiger partial charge in [-0.2, -0.15) is 0 Å². The summed E-state index contributed by atoms with van der Waals surface area (Å²) in [6.45, 7) is 0.885. The Bertz CT molecular complexity index is 494. The Morgan fingerprint density at radius 3 is 2.75 bits per heavy atom. The minimum absolute atomic E-state index is 0.666. The summed E-state index contributed by atoms with van der Waals surface area (Å²) in [5, 5.41) is 6.60. The summed E-state index contributed by atoms with van der Waals surface area (Å²) in [6.07, 6.45) is 0. The quantitative estimate of drug-likeness (QED) is 0.870. The Morgan fingerprint density at radius 2 is 2.06 bits per heavy atom. The Balaban J connectivity index is 2.35. The molecule has 0 aliphatic heterocycles. The van der Waals surface area contributed by atoms with E-state index >= 15 is 0 Å². The zero-order valence-corrected chi connectivity index (χ0v) is 11.1. The Morgan fingerprint density at radius 1 is 1.25 bits per heavy atom. The first-order valence-electron chi connectivity index (χ1n) is 4.88. The maximum absolute atomic E-state index is 6.15. The highest BCUT2D eigenvalue weighted by Gasteiger charge is 2.06. The molecule has 1 N–H and O–H groups in total. The fourth-order valence-electron chi connectivity index (χ4n) is 1.51. The predicted molar refractivity (Wildman–Crippen MR) is 72.5 cm³/mol. The molecule has 0 unspecified atom stereocenters. The van der Waals surface area contributed by atoms with Gasteiger partial charge in [0.15, 0.2) is 0 Å². The Kier molecular flexibility index (Phi) is 3.87. The van der Waals surface area contributed by atoms with Crippen molar-refractivity contribution in [2.45, 2.75) is 6.54 Å². The molecule has 0 saturated heterocycles. The van der Waals surface area contributed by atoms with E-state index in [4.69, 9.17) is 23.2 Å². The summed E-state index contributed by atoms with van der Waals surface area (Å²) in [6, 6.07) is 7.73. The van der Waals surface area contributed by atoms with Gasteiger partial charge in [0.2, 0.25) is 0 Å². The van der Waals surface area contributed by atoms with Crippen molar-refractivity contribution in [3.05, 3.63) is 44.6 Å². The summed E-state index contributed by atoms with van der Waals surface area (Å²) in [4.78, 5) is 1.29. The van der Waals surface area contributed by atoms with Gasteiger partial charge in [0.05, 0.1) is 0 Å². The van der Waals surface area contributed by atoms with Crippen LogP contribution >= 0.6 is 34.5 Å². The van der Waals surface area contributed by atoms with Crippen molar-refractivity contribution in [1.82, 2.24) is 5.32 Å². The summed E-state index contributed by atoms with van der Waals surface area (Å²) in [5.74, 6) is 0. The molecule has 0 aliphatic carbocycles. The molecular formula is C12H11Cl2NS. The molecule has 16 heavy (non-hydrogen) atoms. The van der Waals surface area contributed by atoms with Gasteiger partial charge in [0, 0.05) is 27.0 Å². The molecule has 1 aromatic heterocycles. The van der Waals surface area contributed by atoms with Crippen molar-refractivity contribution in [1.29, 1.82) is 0 Å². The van der Waals surface area contributed by atoms with Crippen LogP contribution in [0.2, 0.25) is 10.0 Å². The normalized spacial score (nSPS) is 10.7. The number of hydrogen-bond donors (Lipinski definition) is 1. The fourth-order valence-corrected chi connectivity index (χ4v) is 2.93. The zero-order valence-electron chi connectivity index (χ0n) is 8.76. The van der Waals surface area contributed by atoms with Gasteiger partial charge >= 0.3 is 0 Å². The summed E-state index contributed by atoms with van der Waals surface area (Å²) >= 11 is 13.8. The van der Waals surface area contributed by atoms with Crippen molar-refractivity contribution in [2.24, 2.45) is 0 Å². The summed E-state index contributed by atoms with van der Waals surface area (Å²) in [5.41, 5.74) is 2.18. The van der Waals surface area contributed by atoms with Gasteiger partial charge in [0.1, 0.15) is 0 Å². The number of hydrogen-bond acceptors (Lipinski definition) is 2. The molecule has 0 amide bonds. The molecule has 1 aromatic carbocycles. The van der Waals surface area contributed by atoms with Crippen molar-refractivity contribution >= 4 is 34.5 Å². The average molecular weight is 272 g/mol. The van der Waals surface area contributed by atoms with E-state index in [0.29, 0.717) is 10.0 Å². The number of halogens is 2. The van der Waals surface area contributed by atoms with Gasteiger partial charge in [-0.3, -0.25) is 0 Å². The van der Waals surface area contributed by atoms with Crippen molar-refractivity contribution in [3.8, 4) is 11.1 Å². The van der Waals surface area contributed by atoms with Gasteiger partial charge in [-0.1, -0.05) is 29.3 Å². The standard InChI is InChI=1S/C12H11Cl2NS/c1-15-6-10-4-8(7-16-10)11-3-2-9(13)5-12(11)14/h2-5,7,15H,6H2,1H3. The molecule has 4 heteroatoms. The topological polar surface area (TPSA) is 12.0 Å². The molecule has 1 nitrogen and oxygen atoms in total. The lowest BCUT2D eigenvalue weighted by molar-refractivity contribution is 0.831. The molecular weight excluding hydrogens is 261 g/mol. The van der Waals surface area contributed by atoms with Crippen molar-refractivity contribution < 1.29 is 0 Å². The van der Waals surface area contributed by atoms with E-state index in [1.165, 1.54) is 4.88 Å².